The standard InChI is InChI=1S/C10H15NO2S/c1-3-8(13-4-2)7-5-6-14-9(7)10(11)12/h5-6,8H,3-4H2,1-2H3,(H2,11,12). The lowest BCUT2D eigenvalue weighted by Gasteiger charge is -2.14. The second kappa shape index (κ2) is 5.12. The van der Waals surface area contributed by atoms with E-state index in [2.05, 4.69) is 0 Å². The van der Waals surface area contributed by atoms with Crippen LogP contribution in [0.25, 0.3) is 0 Å². The first kappa shape index (κ1) is 11.2. The van der Waals surface area contributed by atoms with Crippen LogP contribution in [0, 0.1) is 0 Å². The fourth-order valence-corrected chi connectivity index (χ4v) is 2.20. The molecule has 0 radical (unpaired) electrons. The molecule has 0 aromatic carbocycles. The summed E-state index contributed by atoms with van der Waals surface area (Å²) in [5.74, 6) is -0.367. The normalized spacial score (nSPS) is 12.7. The van der Waals surface area contributed by atoms with E-state index >= 15 is 0 Å². The first-order valence-electron chi connectivity index (χ1n) is 4.69. The molecule has 78 valence electrons. The number of primary amides is 1. The molecular weight excluding hydrogens is 198 g/mol. The van der Waals surface area contributed by atoms with E-state index in [1.54, 1.807) is 0 Å². The zero-order valence-corrected chi connectivity index (χ0v) is 9.26. The van der Waals surface area contributed by atoms with Crippen molar-refractivity contribution >= 4 is 17.2 Å². The Morgan fingerprint density at radius 1 is 1.64 bits per heavy atom. The molecule has 4 heteroatoms. The summed E-state index contributed by atoms with van der Waals surface area (Å²) < 4.78 is 5.53. The van der Waals surface area contributed by atoms with Gasteiger partial charge in [0.2, 0.25) is 0 Å². The van der Waals surface area contributed by atoms with E-state index in [0.717, 1.165) is 12.0 Å². The van der Waals surface area contributed by atoms with Gasteiger partial charge in [0.25, 0.3) is 5.91 Å². The molecule has 14 heavy (non-hydrogen) atoms. The smallest absolute Gasteiger partial charge is 0.259 e. The summed E-state index contributed by atoms with van der Waals surface area (Å²) in [6.45, 7) is 4.62. The maximum absolute atomic E-state index is 11.1. The average Bonchev–Trinajstić information content (AvgIpc) is 2.62. The van der Waals surface area contributed by atoms with Crippen LogP contribution < -0.4 is 5.73 Å². The highest BCUT2D eigenvalue weighted by molar-refractivity contribution is 7.12. The molecule has 1 atom stereocenters. The van der Waals surface area contributed by atoms with Gasteiger partial charge in [0, 0.05) is 12.2 Å². The first-order chi connectivity index (χ1) is 6.70. The van der Waals surface area contributed by atoms with Crippen molar-refractivity contribution in [2.75, 3.05) is 6.61 Å². The van der Waals surface area contributed by atoms with Gasteiger partial charge in [-0.3, -0.25) is 4.79 Å². The maximum atomic E-state index is 11.1. The largest absolute Gasteiger partial charge is 0.374 e. The molecule has 0 aliphatic rings. The Kier molecular flexibility index (Phi) is 4.10. The second-order valence-electron chi connectivity index (χ2n) is 2.92. The highest BCUT2D eigenvalue weighted by Crippen LogP contribution is 2.28. The predicted octanol–water partition coefficient (Wildman–Crippen LogP) is 2.33. The van der Waals surface area contributed by atoms with Crippen molar-refractivity contribution in [1.82, 2.24) is 0 Å². The van der Waals surface area contributed by atoms with E-state index in [1.807, 2.05) is 25.3 Å². The lowest BCUT2D eigenvalue weighted by atomic mass is 10.1. The molecule has 0 aliphatic heterocycles. The topological polar surface area (TPSA) is 52.3 Å². The molecule has 1 heterocycles. The van der Waals surface area contributed by atoms with Gasteiger partial charge in [0.15, 0.2) is 0 Å². The van der Waals surface area contributed by atoms with Gasteiger partial charge in [-0.2, -0.15) is 0 Å². The van der Waals surface area contributed by atoms with Crippen molar-refractivity contribution < 1.29 is 9.53 Å². The Labute approximate surface area is 87.9 Å². The zero-order chi connectivity index (χ0) is 10.6. The molecule has 0 fully saturated rings. The van der Waals surface area contributed by atoms with Crippen molar-refractivity contribution in [3.05, 3.63) is 21.9 Å². The van der Waals surface area contributed by atoms with Gasteiger partial charge < -0.3 is 10.5 Å². The minimum absolute atomic E-state index is 0.00579. The van der Waals surface area contributed by atoms with Crippen LogP contribution in [0.15, 0.2) is 11.4 Å². The molecule has 1 aromatic rings. The van der Waals surface area contributed by atoms with Crippen LogP contribution >= 0.6 is 11.3 Å². The molecule has 1 rings (SSSR count). The van der Waals surface area contributed by atoms with E-state index in [0.29, 0.717) is 11.5 Å². The fraction of sp³-hybridized carbons (Fsp3) is 0.500. The summed E-state index contributed by atoms with van der Waals surface area (Å²) >= 11 is 1.37. The number of ether oxygens (including phenoxy) is 1. The summed E-state index contributed by atoms with van der Waals surface area (Å²) in [7, 11) is 0. The molecule has 0 saturated carbocycles. The number of thiophene rings is 1. The van der Waals surface area contributed by atoms with Crippen LogP contribution in [-0.4, -0.2) is 12.5 Å². The van der Waals surface area contributed by atoms with Crippen LogP contribution in [0.5, 0.6) is 0 Å². The fourth-order valence-electron chi connectivity index (χ4n) is 1.40. The predicted molar refractivity (Wildman–Crippen MR) is 57.5 cm³/mol. The molecule has 0 saturated heterocycles. The first-order valence-corrected chi connectivity index (χ1v) is 5.57. The van der Waals surface area contributed by atoms with Gasteiger partial charge in [-0.25, -0.2) is 0 Å². The monoisotopic (exact) mass is 213 g/mol. The third kappa shape index (κ3) is 2.33. The lowest BCUT2D eigenvalue weighted by molar-refractivity contribution is 0.0591. The Balaban J connectivity index is 2.91. The Morgan fingerprint density at radius 3 is 2.86 bits per heavy atom. The van der Waals surface area contributed by atoms with Gasteiger partial charge in [0.05, 0.1) is 11.0 Å². The molecule has 1 amide bonds. The van der Waals surface area contributed by atoms with Gasteiger partial charge >= 0.3 is 0 Å². The van der Waals surface area contributed by atoms with Crippen LogP contribution in [0.2, 0.25) is 0 Å². The average molecular weight is 213 g/mol. The number of hydrogen-bond donors (Lipinski definition) is 1. The van der Waals surface area contributed by atoms with Crippen molar-refractivity contribution in [2.45, 2.75) is 26.4 Å². The third-order valence-corrected chi connectivity index (χ3v) is 2.95. The SMILES string of the molecule is CCOC(CC)c1ccsc1C(N)=O. The molecule has 0 aliphatic carbocycles. The van der Waals surface area contributed by atoms with Crippen molar-refractivity contribution in [2.24, 2.45) is 5.73 Å². The number of carbonyl (C=O) groups excluding carboxylic acids is 1. The van der Waals surface area contributed by atoms with Crippen molar-refractivity contribution in [3.8, 4) is 0 Å². The Bertz CT molecular complexity index is 309. The number of rotatable bonds is 5. The second-order valence-corrected chi connectivity index (χ2v) is 3.84. The number of hydrogen-bond acceptors (Lipinski definition) is 3. The molecule has 0 bridgehead atoms. The summed E-state index contributed by atoms with van der Waals surface area (Å²) in [4.78, 5) is 11.7. The minimum Gasteiger partial charge on any atom is -0.374 e. The molecule has 0 spiro atoms. The van der Waals surface area contributed by atoms with E-state index in [1.165, 1.54) is 11.3 Å². The van der Waals surface area contributed by atoms with Crippen LogP contribution in [-0.2, 0) is 4.74 Å². The van der Waals surface area contributed by atoms with Crippen LogP contribution in [0.1, 0.15) is 41.6 Å². The Morgan fingerprint density at radius 2 is 2.36 bits per heavy atom. The maximum Gasteiger partial charge on any atom is 0.259 e. The van der Waals surface area contributed by atoms with Gasteiger partial charge in [-0.1, -0.05) is 6.92 Å². The minimum atomic E-state index is -0.367. The van der Waals surface area contributed by atoms with E-state index in [9.17, 15) is 4.79 Å². The highest BCUT2D eigenvalue weighted by atomic mass is 32.1. The van der Waals surface area contributed by atoms with Crippen LogP contribution in [0.3, 0.4) is 0 Å². The summed E-state index contributed by atoms with van der Waals surface area (Å²) in [5.41, 5.74) is 6.19. The van der Waals surface area contributed by atoms with Gasteiger partial charge in [0.1, 0.15) is 0 Å². The molecule has 1 unspecified atom stereocenters. The number of amides is 1. The molecular formula is C10H15NO2S. The number of carbonyl (C=O) groups is 1. The molecule has 3 nitrogen and oxygen atoms in total. The highest BCUT2D eigenvalue weighted by Gasteiger charge is 2.17. The molecule has 2 N–H and O–H groups in total. The van der Waals surface area contributed by atoms with E-state index in [-0.39, 0.29) is 12.0 Å². The quantitative estimate of drug-likeness (QED) is 0.816. The van der Waals surface area contributed by atoms with Crippen molar-refractivity contribution in [3.63, 3.8) is 0 Å². The van der Waals surface area contributed by atoms with Gasteiger partial charge in [-0.05, 0) is 24.8 Å². The van der Waals surface area contributed by atoms with Crippen LogP contribution in [0.4, 0.5) is 0 Å². The summed E-state index contributed by atoms with van der Waals surface area (Å²) in [6.07, 6.45) is 0.846. The van der Waals surface area contributed by atoms with Crippen molar-refractivity contribution in [1.29, 1.82) is 0 Å². The van der Waals surface area contributed by atoms with Gasteiger partial charge in [-0.15, -0.1) is 11.3 Å². The Hall–Kier alpha value is -0.870. The van der Waals surface area contributed by atoms with E-state index in [4.69, 9.17) is 10.5 Å². The third-order valence-electron chi connectivity index (χ3n) is 2.00. The zero-order valence-electron chi connectivity index (χ0n) is 8.45. The lowest BCUT2D eigenvalue weighted by Crippen LogP contribution is -2.14. The molecule has 1 aromatic heterocycles. The number of nitrogens with two attached hydrogens (primary N) is 1. The van der Waals surface area contributed by atoms with E-state index < -0.39 is 0 Å². The summed E-state index contributed by atoms with van der Waals surface area (Å²) in [6, 6.07) is 1.91. The summed E-state index contributed by atoms with van der Waals surface area (Å²) in [5, 5.41) is 1.87.